The van der Waals surface area contributed by atoms with E-state index >= 15 is 0 Å². The van der Waals surface area contributed by atoms with Crippen LogP contribution in [-0.2, 0) is 13.1 Å². The number of para-hydroxylation sites is 1. The minimum atomic E-state index is -0.310. The average Bonchev–Trinajstić information content (AvgIpc) is 2.99. The third kappa shape index (κ3) is 3.26. The molecule has 7 heteroatoms. The summed E-state index contributed by atoms with van der Waals surface area (Å²) >= 11 is 6.98. The van der Waals surface area contributed by atoms with Crippen molar-refractivity contribution < 1.29 is 5.11 Å². The van der Waals surface area contributed by atoms with Gasteiger partial charge in [0.15, 0.2) is 4.77 Å². The molecule has 0 radical (unpaired) electrons. The van der Waals surface area contributed by atoms with Crippen LogP contribution in [0.5, 0.6) is 5.88 Å². The van der Waals surface area contributed by atoms with E-state index in [9.17, 15) is 9.90 Å². The minimum absolute atomic E-state index is 0.123. The highest BCUT2D eigenvalue weighted by atomic mass is 32.2. The lowest BCUT2D eigenvalue weighted by Crippen LogP contribution is -2.27. The summed E-state index contributed by atoms with van der Waals surface area (Å²) in [6, 6.07) is 8.17. The first-order chi connectivity index (χ1) is 12.9. The number of allylic oxidation sites excluding steroid dienone is 2. The largest absolute Gasteiger partial charge is 0.494 e. The third-order valence-corrected chi connectivity index (χ3v) is 6.16. The molecule has 0 atom stereocenters. The van der Waals surface area contributed by atoms with Gasteiger partial charge in [0.25, 0.3) is 5.56 Å². The van der Waals surface area contributed by atoms with Crippen LogP contribution in [0, 0.1) is 4.77 Å². The van der Waals surface area contributed by atoms with Crippen LogP contribution in [0.4, 0.5) is 5.69 Å². The lowest BCUT2D eigenvalue weighted by atomic mass is 10.1. The molecule has 0 saturated carbocycles. The van der Waals surface area contributed by atoms with Crippen LogP contribution in [0.25, 0.3) is 5.57 Å². The first-order valence-electron chi connectivity index (χ1n) is 8.96. The maximum atomic E-state index is 12.9. The van der Waals surface area contributed by atoms with Gasteiger partial charge in [0.1, 0.15) is 5.56 Å². The summed E-state index contributed by atoms with van der Waals surface area (Å²) < 4.78 is 3.38. The van der Waals surface area contributed by atoms with Crippen LogP contribution in [0.15, 0.2) is 51.6 Å². The van der Waals surface area contributed by atoms with Gasteiger partial charge in [-0.05, 0) is 56.8 Å². The van der Waals surface area contributed by atoms with Gasteiger partial charge >= 0.3 is 0 Å². The van der Waals surface area contributed by atoms with E-state index in [-0.39, 0.29) is 17.0 Å². The predicted molar refractivity (Wildman–Crippen MR) is 115 cm³/mol. The molecule has 0 saturated heterocycles. The Balaban J connectivity index is 2.12. The number of thioether (sulfide) groups is 1. The lowest BCUT2D eigenvalue weighted by molar-refractivity contribution is 0.399. The fourth-order valence-corrected chi connectivity index (χ4v) is 4.86. The quantitative estimate of drug-likeness (QED) is 0.742. The molecule has 0 fully saturated rings. The number of aromatic nitrogens is 2. The summed E-state index contributed by atoms with van der Waals surface area (Å²) in [4.78, 5) is 16.2. The van der Waals surface area contributed by atoms with Crippen molar-refractivity contribution in [1.29, 1.82) is 0 Å². The molecule has 5 nitrogen and oxygen atoms in total. The van der Waals surface area contributed by atoms with E-state index in [1.54, 1.807) is 16.3 Å². The highest BCUT2D eigenvalue weighted by Gasteiger charge is 2.25. The standard InChI is InChI=1S/C20H23N3O2S2/c1-5-21-14-10-8-9-11-15(14)27-16(21)12-13(4)17-18(24)22(6-2)20(26)23(7-3)19(17)25/h8-12,24H,4-7H2,1-3H3. The molecule has 1 aromatic carbocycles. The van der Waals surface area contributed by atoms with Crippen LogP contribution < -0.4 is 10.5 Å². The smallest absolute Gasteiger partial charge is 0.266 e. The maximum absolute atomic E-state index is 12.9. The van der Waals surface area contributed by atoms with Gasteiger partial charge in [-0.3, -0.25) is 13.9 Å². The van der Waals surface area contributed by atoms with Crippen molar-refractivity contribution in [1.82, 2.24) is 9.13 Å². The van der Waals surface area contributed by atoms with Gasteiger partial charge in [-0.2, -0.15) is 0 Å². The average molecular weight is 402 g/mol. The van der Waals surface area contributed by atoms with E-state index in [1.165, 1.54) is 4.57 Å². The van der Waals surface area contributed by atoms with E-state index in [4.69, 9.17) is 12.2 Å². The maximum Gasteiger partial charge on any atom is 0.266 e. The Bertz CT molecular complexity index is 1050. The summed E-state index contributed by atoms with van der Waals surface area (Å²) in [7, 11) is 0. The second-order valence-electron chi connectivity index (χ2n) is 6.10. The lowest BCUT2D eigenvalue weighted by Gasteiger charge is -2.19. The molecule has 0 unspecified atom stereocenters. The van der Waals surface area contributed by atoms with E-state index < -0.39 is 0 Å². The normalized spacial score (nSPS) is 14.6. The molecule has 1 aromatic heterocycles. The van der Waals surface area contributed by atoms with Gasteiger partial charge in [-0.25, -0.2) is 0 Å². The van der Waals surface area contributed by atoms with Gasteiger partial charge in [0.2, 0.25) is 5.88 Å². The van der Waals surface area contributed by atoms with Crippen LogP contribution in [0.2, 0.25) is 0 Å². The number of hydrogen-bond acceptors (Lipinski definition) is 5. The first kappa shape index (κ1) is 19.5. The molecule has 2 heterocycles. The highest BCUT2D eigenvalue weighted by Crippen LogP contribution is 2.46. The second-order valence-corrected chi connectivity index (χ2v) is 7.52. The summed E-state index contributed by atoms with van der Waals surface area (Å²) in [5.41, 5.74) is 1.51. The fraction of sp³-hybridized carbons (Fsp3) is 0.300. The van der Waals surface area contributed by atoms with Crippen molar-refractivity contribution in [2.75, 3.05) is 11.4 Å². The number of anilines is 1. The molecule has 1 aliphatic heterocycles. The molecular formula is C20H23N3O2S2. The molecule has 142 valence electrons. The summed E-state index contributed by atoms with van der Waals surface area (Å²) in [6.45, 7) is 11.6. The molecule has 0 spiro atoms. The molecule has 0 amide bonds. The Hall–Kier alpha value is -2.25. The van der Waals surface area contributed by atoms with Crippen LogP contribution >= 0.6 is 24.0 Å². The van der Waals surface area contributed by atoms with Gasteiger partial charge in [0, 0.05) is 24.5 Å². The molecule has 1 aliphatic rings. The minimum Gasteiger partial charge on any atom is -0.494 e. The SMILES string of the molecule is C=C(C=C1Sc2ccccc2N1CC)c1c(O)n(CC)c(=S)n(CC)c1=O. The Morgan fingerprint density at radius 2 is 1.85 bits per heavy atom. The van der Waals surface area contributed by atoms with E-state index in [0.717, 1.165) is 22.2 Å². The van der Waals surface area contributed by atoms with Gasteiger partial charge in [-0.1, -0.05) is 30.5 Å². The molecule has 2 aromatic rings. The van der Waals surface area contributed by atoms with E-state index in [2.05, 4.69) is 30.5 Å². The van der Waals surface area contributed by atoms with Crippen LogP contribution in [0.1, 0.15) is 26.3 Å². The van der Waals surface area contributed by atoms with Gasteiger partial charge < -0.3 is 10.0 Å². The number of fused-ring (bicyclic) bond motifs is 1. The molecular weight excluding hydrogens is 378 g/mol. The molecule has 3 rings (SSSR count). The Labute approximate surface area is 168 Å². The van der Waals surface area contributed by atoms with Gasteiger partial charge in [0.05, 0.1) is 10.7 Å². The summed E-state index contributed by atoms with van der Waals surface area (Å²) in [5.74, 6) is -0.123. The van der Waals surface area contributed by atoms with Crippen molar-refractivity contribution in [2.45, 2.75) is 38.8 Å². The van der Waals surface area contributed by atoms with Crippen molar-refractivity contribution >= 4 is 35.2 Å². The molecule has 27 heavy (non-hydrogen) atoms. The predicted octanol–water partition coefficient (Wildman–Crippen LogP) is 4.61. The number of aromatic hydroxyl groups is 1. The topological polar surface area (TPSA) is 50.4 Å². The molecule has 0 aliphatic carbocycles. The zero-order valence-electron chi connectivity index (χ0n) is 15.7. The number of rotatable bonds is 5. The number of hydrogen-bond donors (Lipinski definition) is 1. The monoisotopic (exact) mass is 401 g/mol. The molecule has 0 bridgehead atoms. The first-order valence-corrected chi connectivity index (χ1v) is 10.2. The Morgan fingerprint density at radius 1 is 1.19 bits per heavy atom. The zero-order chi connectivity index (χ0) is 19.7. The van der Waals surface area contributed by atoms with Crippen LogP contribution in [-0.4, -0.2) is 20.8 Å². The fourth-order valence-electron chi connectivity index (χ4n) is 3.24. The highest BCUT2D eigenvalue weighted by molar-refractivity contribution is 8.03. The molecule has 1 N–H and O–H groups in total. The summed E-state index contributed by atoms with van der Waals surface area (Å²) in [6.07, 6.45) is 1.87. The Kier molecular flexibility index (Phi) is 5.62. The van der Waals surface area contributed by atoms with Crippen molar-refractivity contribution in [3.05, 3.63) is 62.6 Å². The number of benzene rings is 1. The van der Waals surface area contributed by atoms with Gasteiger partial charge in [-0.15, -0.1) is 0 Å². The second kappa shape index (κ2) is 7.78. The Morgan fingerprint density at radius 3 is 2.48 bits per heavy atom. The van der Waals surface area contributed by atoms with Crippen molar-refractivity contribution in [2.24, 2.45) is 0 Å². The van der Waals surface area contributed by atoms with E-state index in [1.807, 2.05) is 32.1 Å². The van der Waals surface area contributed by atoms with Crippen molar-refractivity contribution in [3.63, 3.8) is 0 Å². The van der Waals surface area contributed by atoms with Crippen molar-refractivity contribution in [3.8, 4) is 5.88 Å². The van der Waals surface area contributed by atoms with Crippen LogP contribution in [0.3, 0.4) is 0 Å². The third-order valence-electron chi connectivity index (χ3n) is 4.60. The summed E-state index contributed by atoms with van der Waals surface area (Å²) in [5, 5.41) is 11.7. The number of nitrogens with zero attached hydrogens (tertiary/aromatic N) is 3. The van der Waals surface area contributed by atoms with E-state index in [0.29, 0.717) is 23.4 Å². The zero-order valence-corrected chi connectivity index (χ0v) is 17.4.